The van der Waals surface area contributed by atoms with Gasteiger partial charge >= 0.3 is 0 Å². The van der Waals surface area contributed by atoms with Gasteiger partial charge in [-0.2, -0.15) is 4.98 Å². The average Bonchev–Trinajstić information content (AvgIpc) is 3.22. The zero-order valence-corrected chi connectivity index (χ0v) is 21.0. The summed E-state index contributed by atoms with van der Waals surface area (Å²) < 4.78 is 5.78. The second-order valence-electron chi connectivity index (χ2n) is 10.7. The molecule has 1 saturated carbocycles. The molecule has 0 bridgehead atoms. The van der Waals surface area contributed by atoms with E-state index in [1.807, 2.05) is 0 Å². The zero-order chi connectivity index (χ0) is 24.4. The van der Waals surface area contributed by atoms with E-state index in [4.69, 9.17) is 14.7 Å². The first-order chi connectivity index (χ1) is 17.0. The summed E-state index contributed by atoms with van der Waals surface area (Å²) in [6, 6.07) is 8.76. The number of aliphatic hydroxyl groups is 1. The quantitative estimate of drug-likeness (QED) is 0.587. The maximum atomic E-state index is 13.3. The molecule has 3 aliphatic rings. The Labute approximate surface area is 208 Å². The van der Waals surface area contributed by atoms with Gasteiger partial charge in [0.1, 0.15) is 11.5 Å². The smallest absolute Gasteiger partial charge is 0.228 e. The fourth-order valence-electron chi connectivity index (χ4n) is 5.77. The second kappa shape index (κ2) is 10.6. The molecule has 2 aliphatic carbocycles. The number of nitrogens with zero attached hydrogens (tertiary/aromatic N) is 3. The number of ketones is 1. The summed E-state index contributed by atoms with van der Waals surface area (Å²) in [4.78, 5) is 25.1. The van der Waals surface area contributed by atoms with Crippen molar-refractivity contribution in [3.05, 3.63) is 41.1 Å². The standard InChI is InChI=1S/C28H38N4O3/c1-18(2)23-16-24-25(26(23)34)30-28(32-13-15-35-22(17-32)12-14-33)31-27(24)29-21-10-8-20(9-11-21)19-6-4-3-5-7-19/h8-11,18-19,22-23,33H,3-7,12-17H2,1-2H3,(H,29,30,31). The Morgan fingerprint density at radius 3 is 2.63 bits per heavy atom. The first-order valence-corrected chi connectivity index (χ1v) is 13.3. The van der Waals surface area contributed by atoms with E-state index in [1.165, 1.54) is 37.7 Å². The molecule has 35 heavy (non-hydrogen) atoms. The summed E-state index contributed by atoms with van der Waals surface area (Å²) in [7, 11) is 0. The summed E-state index contributed by atoms with van der Waals surface area (Å²) >= 11 is 0. The molecule has 2 heterocycles. The van der Waals surface area contributed by atoms with Crippen LogP contribution in [0.5, 0.6) is 0 Å². The SMILES string of the molecule is CC(C)C1Cc2c(Nc3ccc(C4CCCCC4)cc3)nc(N3CCOC(CCO)C3)nc2C1=O. The molecular weight excluding hydrogens is 440 g/mol. The van der Waals surface area contributed by atoms with Crippen LogP contribution in [0.3, 0.4) is 0 Å². The van der Waals surface area contributed by atoms with Crippen LogP contribution in [0.4, 0.5) is 17.5 Å². The van der Waals surface area contributed by atoms with Gasteiger partial charge in [-0.25, -0.2) is 4.98 Å². The number of morpholine rings is 1. The molecule has 7 heteroatoms. The summed E-state index contributed by atoms with van der Waals surface area (Å²) in [5.41, 5.74) is 3.88. The third-order valence-electron chi connectivity index (χ3n) is 7.92. The van der Waals surface area contributed by atoms with Gasteiger partial charge in [-0.1, -0.05) is 45.2 Å². The van der Waals surface area contributed by atoms with Gasteiger partial charge in [0, 0.05) is 36.9 Å². The normalized spacial score (nSPS) is 23.1. The number of ether oxygens (including phenoxy) is 1. The minimum atomic E-state index is -0.0616. The minimum Gasteiger partial charge on any atom is -0.396 e. The van der Waals surface area contributed by atoms with Crippen molar-refractivity contribution in [1.82, 2.24) is 9.97 Å². The van der Waals surface area contributed by atoms with Crippen molar-refractivity contribution in [3.8, 4) is 0 Å². The van der Waals surface area contributed by atoms with Crippen LogP contribution in [0.25, 0.3) is 0 Å². The Kier molecular flexibility index (Phi) is 7.35. The number of carbonyl (C=O) groups is 1. The predicted octanol–water partition coefficient (Wildman–Crippen LogP) is 4.87. The maximum absolute atomic E-state index is 13.3. The van der Waals surface area contributed by atoms with Gasteiger partial charge in [0.15, 0.2) is 5.78 Å². The lowest BCUT2D eigenvalue weighted by atomic mass is 9.84. The molecule has 1 aromatic carbocycles. The van der Waals surface area contributed by atoms with E-state index in [0.29, 0.717) is 50.1 Å². The molecule has 0 spiro atoms. The van der Waals surface area contributed by atoms with Crippen LogP contribution >= 0.6 is 0 Å². The van der Waals surface area contributed by atoms with Crippen molar-refractivity contribution < 1.29 is 14.6 Å². The van der Waals surface area contributed by atoms with Crippen LogP contribution in [0.1, 0.15) is 79.9 Å². The Balaban J connectivity index is 1.43. The predicted molar refractivity (Wildman–Crippen MR) is 138 cm³/mol. The third-order valence-corrected chi connectivity index (χ3v) is 7.92. The molecule has 2 aromatic rings. The Morgan fingerprint density at radius 1 is 1.14 bits per heavy atom. The van der Waals surface area contributed by atoms with Crippen molar-refractivity contribution in [2.45, 2.75) is 70.8 Å². The molecule has 1 saturated heterocycles. The number of benzene rings is 1. The summed E-state index contributed by atoms with van der Waals surface area (Å²) in [5, 5.41) is 12.9. The van der Waals surface area contributed by atoms with Gasteiger partial charge in [-0.05, 0) is 55.2 Å². The number of fused-ring (bicyclic) bond motifs is 1. The Hall–Kier alpha value is -2.51. The molecule has 2 atom stereocenters. The highest BCUT2D eigenvalue weighted by molar-refractivity contribution is 6.02. The molecule has 0 amide bonds. The van der Waals surface area contributed by atoms with Crippen LogP contribution in [-0.4, -0.2) is 53.3 Å². The first-order valence-electron chi connectivity index (χ1n) is 13.3. The van der Waals surface area contributed by atoms with E-state index in [9.17, 15) is 9.90 Å². The number of rotatable bonds is 7. The van der Waals surface area contributed by atoms with Crippen molar-refractivity contribution in [1.29, 1.82) is 0 Å². The number of anilines is 3. The van der Waals surface area contributed by atoms with E-state index >= 15 is 0 Å². The Morgan fingerprint density at radius 2 is 1.91 bits per heavy atom. The first kappa shape index (κ1) is 24.2. The lowest BCUT2D eigenvalue weighted by molar-refractivity contribution is 0.0242. The third kappa shape index (κ3) is 5.21. The number of nitrogens with one attached hydrogen (secondary N) is 1. The number of carbonyl (C=O) groups excluding carboxylic acids is 1. The van der Waals surface area contributed by atoms with Gasteiger partial charge in [0.05, 0.1) is 12.7 Å². The number of hydrogen-bond donors (Lipinski definition) is 2. The number of aliphatic hydroxyl groups excluding tert-OH is 1. The van der Waals surface area contributed by atoms with E-state index in [-0.39, 0.29) is 30.3 Å². The largest absolute Gasteiger partial charge is 0.396 e. The molecule has 2 unspecified atom stereocenters. The van der Waals surface area contributed by atoms with Gasteiger partial charge in [0.25, 0.3) is 0 Å². The highest BCUT2D eigenvalue weighted by Crippen LogP contribution is 2.37. The van der Waals surface area contributed by atoms with Gasteiger partial charge in [0.2, 0.25) is 5.95 Å². The molecule has 5 rings (SSSR count). The lowest BCUT2D eigenvalue weighted by Gasteiger charge is -2.33. The van der Waals surface area contributed by atoms with E-state index in [1.54, 1.807) is 0 Å². The van der Waals surface area contributed by atoms with Crippen LogP contribution in [0.2, 0.25) is 0 Å². The fourth-order valence-corrected chi connectivity index (χ4v) is 5.77. The van der Waals surface area contributed by atoms with E-state index in [2.05, 4.69) is 48.3 Å². The van der Waals surface area contributed by atoms with Gasteiger partial charge < -0.3 is 20.1 Å². The summed E-state index contributed by atoms with van der Waals surface area (Å²) in [6.45, 7) is 6.11. The molecular formula is C28H38N4O3. The van der Waals surface area contributed by atoms with Crippen LogP contribution < -0.4 is 10.2 Å². The van der Waals surface area contributed by atoms with Crippen LogP contribution in [0, 0.1) is 11.8 Å². The number of hydrogen-bond acceptors (Lipinski definition) is 7. The average molecular weight is 479 g/mol. The minimum absolute atomic E-state index is 0.0596. The maximum Gasteiger partial charge on any atom is 0.228 e. The van der Waals surface area contributed by atoms with Crippen molar-refractivity contribution in [3.63, 3.8) is 0 Å². The molecule has 188 valence electrons. The van der Waals surface area contributed by atoms with Crippen molar-refractivity contribution in [2.75, 3.05) is 36.5 Å². The second-order valence-corrected chi connectivity index (χ2v) is 10.7. The van der Waals surface area contributed by atoms with E-state index in [0.717, 1.165) is 17.1 Å². The van der Waals surface area contributed by atoms with Crippen LogP contribution in [0.15, 0.2) is 24.3 Å². The van der Waals surface area contributed by atoms with Gasteiger partial charge in [-0.15, -0.1) is 0 Å². The molecule has 2 fully saturated rings. The molecule has 7 nitrogen and oxygen atoms in total. The number of aromatic nitrogens is 2. The monoisotopic (exact) mass is 478 g/mol. The lowest BCUT2D eigenvalue weighted by Crippen LogP contribution is -2.43. The molecule has 2 N–H and O–H groups in total. The summed E-state index contributed by atoms with van der Waals surface area (Å²) in [6.07, 6.45) is 7.76. The van der Waals surface area contributed by atoms with Crippen molar-refractivity contribution >= 4 is 23.2 Å². The molecule has 1 aliphatic heterocycles. The highest BCUT2D eigenvalue weighted by atomic mass is 16.5. The van der Waals surface area contributed by atoms with Crippen molar-refractivity contribution in [2.24, 2.45) is 11.8 Å². The molecule has 0 radical (unpaired) electrons. The van der Waals surface area contributed by atoms with Crippen LogP contribution in [-0.2, 0) is 11.2 Å². The fraction of sp³-hybridized carbons (Fsp3) is 0.607. The van der Waals surface area contributed by atoms with Gasteiger partial charge in [-0.3, -0.25) is 4.79 Å². The molecule has 1 aromatic heterocycles. The summed E-state index contributed by atoms with van der Waals surface area (Å²) in [5.74, 6) is 2.28. The Bertz CT molecular complexity index is 1030. The highest BCUT2D eigenvalue weighted by Gasteiger charge is 2.37. The number of Topliss-reactive ketones (excluding diaryl/α,β-unsaturated/α-hetero) is 1. The topological polar surface area (TPSA) is 87.6 Å². The zero-order valence-electron chi connectivity index (χ0n) is 21.0. The van der Waals surface area contributed by atoms with E-state index < -0.39 is 0 Å².